The van der Waals surface area contributed by atoms with E-state index in [0.717, 1.165) is 37.9 Å². The molecule has 0 aliphatic carbocycles. The topological polar surface area (TPSA) is 45.6 Å². The highest BCUT2D eigenvalue weighted by Crippen LogP contribution is 2.45. The van der Waals surface area contributed by atoms with Gasteiger partial charge in [0.1, 0.15) is 5.60 Å². The highest BCUT2D eigenvalue weighted by atomic mass is 16.5. The summed E-state index contributed by atoms with van der Waals surface area (Å²) in [4.78, 5) is 7.08. The van der Waals surface area contributed by atoms with Crippen molar-refractivity contribution in [2.45, 2.75) is 49.9 Å². The van der Waals surface area contributed by atoms with Crippen LogP contribution in [0.25, 0.3) is 0 Å². The lowest BCUT2D eigenvalue weighted by Crippen LogP contribution is -2.49. The predicted octanol–water partition coefficient (Wildman–Crippen LogP) is 3.10. The average Bonchev–Trinajstić information content (AvgIpc) is 2.86. The smallest absolute Gasteiger partial charge is 0.213 e. The lowest BCUT2D eigenvalue weighted by atomic mass is 9.83. The standard InChI is InChI=1S/C20H24N2O2/c1-24-19-9-5-8-18(21-19)20(23)12-16-10-11-17(13-20)22(16)14-15-6-3-2-4-7-15/h2-9,16-17,23H,10-14H2,1H3. The maximum Gasteiger partial charge on any atom is 0.213 e. The van der Waals surface area contributed by atoms with Crippen molar-refractivity contribution in [1.82, 2.24) is 9.88 Å². The number of fused-ring (bicyclic) bond motifs is 2. The molecule has 0 radical (unpaired) electrons. The van der Waals surface area contributed by atoms with Gasteiger partial charge < -0.3 is 9.84 Å². The van der Waals surface area contributed by atoms with Crippen LogP contribution in [0.4, 0.5) is 0 Å². The van der Waals surface area contributed by atoms with Gasteiger partial charge in [-0.05, 0) is 37.3 Å². The van der Waals surface area contributed by atoms with Crippen LogP contribution >= 0.6 is 0 Å². The monoisotopic (exact) mass is 324 g/mol. The van der Waals surface area contributed by atoms with E-state index in [1.165, 1.54) is 5.56 Å². The van der Waals surface area contributed by atoms with E-state index in [4.69, 9.17) is 4.74 Å². The van der Waals surface area contributed by atoms with Crippen molar-refractivity contribution in [3.63, 3.8) is 0 Å². The number of hydrogen-bond acceptors (Lipinski definition) is 4. The molecule has 2 aliphatic rings. The number of nitrogens with zero attached hydrogens (tertiary/aromatic N) is 2. The van der Waals surface area contributed by atoms with Gasteiger partial charge in [0.2, 0.25) is 5.88 Å². The fourth-order valence-corrected chi connectivity index (χ4v) is 4.37. The maximum absolute atomic E-state index is 11.3. The number of pyridine rings is 1. The highest BCUT2D eigenvalue weighted by molar-refractivity contribution is 5.23. The van der Waals surface area contributed by atoms with Gasteiger partial charge in [-0.3, -0.25) is 4.90 Å². The number of ether oxygens (including phenoxy) is 1. The number of aromatic nitrogens is 1. The van der Waals surface area contributed by atoms with Crippen LogP contribution in [0.1, 0.15) is 36.9 Å². The molecule has 0 saturated carbocycles. The zero-order chi connectivity index (χ0) is 16.6. The normalized spacial score (nSPS) is 29.6. The van der Waals surface area contributed by atoms with Crippen LogP contribution < -0.4 is 4.74 Å². The molecule has 0 amide bonds. The molecule has 24 heavy (non-hydrogen) atoms. The van der Waals surface area contributed by atoms with Gasteiger partial charge in [-0.15, -0.1) is 0 Å². The summed E-state index contributed by atoms with van der Waals surface area (Å²) < 4.78 is 5.23. The fourth-order valence-electron chi connectivity index (χ4n) is 4.37. The van der Waals surface area contributed by atoms with Crippen LogP contribution in [0.15, 0.2) is 48.5 Å². The molecule has 4 rings (SSSR count). The second-order valence-electron chi connectivity index (χ2n) is 7.05. The molecule has 2 atom stereocenters. The minimum absolute atomic E-state index is 0.418. The summed E-state index contributed by atoms with van der Waals surface area (Å²) in [5.41, 5.74) is 1.26. The van der Waals surface area contributed by atoms with Crippen LogP contribution in [0, 0.1) is 0 Å². The molecule has 126 valence electrons. The molecule has 2 aromatic rings. The summed E-state index contributed by atoms with van der Waals surface area (Å²) >= 11 is 0. The quantitative estimate of drug-likeness (QED) is 0.939. The zero-order valence-electron chi connectivity index (χ0n) is 14.1. The van der Waals surface area contributed by atoms with Crippen LogP contribution in [-0.2, 0) is 12.1 Å². The third-order valence-corrected chi connectivity index (χ3v) is 5.54. The summed E-state index contributed by atoms with van der Waals surface area (Å²) in [6.07, 6.45) is 3.81. The second kappa shape index (κ2) is 6.19. The van der Waals surface area contributed by atoms with Crippen molar-refractivity contribution in [3.05, 3.63) is 59.8 Å². The van der Waals surface area contributed by atoms with Gasteiger partial charge in [0.25, 0.3) is 0 Å². The van der Waals surface area contributed by atoms with Gasteiger partial charge >= 0.3 is 0 Å². The van der Waals surface area contributed by atoms with E-state index in [2.05, 4.69) is 40.2 Å². The third-order valence-electron chi connectivity index (χ3n) is 5.54. The first kappa shape index (κ1) is 15.6. The predicted molar refractivity (Wildman–Crippen MR) is 92.7 cm³/mol. The van der Waals surface area contributed by atoms with E-state index in [0.29, 0.717) is 18.0 Å². The van der Waals surface area contributed by atoms with Crippen molar-refractivity contribution in [1.29, 1.82) is 0 Å². The molecule has 0 spiro atoms. The van der Waals surface area contributed by atoms with Crippen LogP contribution in [0.2, 0.25) is 0 Å². The van der Waals surface area contributed by atoms with E-state index in [9.17, 15) is 5.11 Å². The van der Waals surface area contributed by atoms with Gasteiger partial charge in [-0.2, -0.15) is 0 Å². The zero-order valence-corrected chi connectivity index (χ0v) is 14.1. The Morgan fingerprint density at radius 3 is 2.46 bits per heavy atom. The molecule has 2 saturated heterocycles. The highest BCUT2D eigenvalue weighted by Gasteiger charge is 2.48. The van der Waals surface area contributed by atoms with Crippen LogP contribution in [-0.4, -0.2) is 34.2 Å². The Morgan fingerprint density at radius 2 is 1.79 bits per heavy atom. The number of methoxy groups -OCH3 is 1. The summed E-state index contributed by atoms with van der Waals surface area (Å²) in [5.74, 6) is 0.569. The molecule has 2 fully saturated rings. The molecule has 2 unspecified atom stereocenters. The maximum atomic E-state index is 11.3. The van der Waals surface area contributed by atoms with Gasteiger partial charge in [0.05, 0.1) is 12.8 Å². The largest absolute Gasteiger partial charge is 0.481 e. The Morgan fingerprint density at radius 1 is 1.08 bits per heavy atom. The van der Waals surface area contributed by atoms with Crippen molar-refractivity contribution in [2.24, 2.45) is 0 Å². The number of aliphatic hydroxyl groups is 1. The van der Waals surface area contributed by atoms with Crippen molar-refractivity contribution in [2.75, 3.05) is 7.11 Å². The van der Waals surface area contributed by atoms with E-state index < -0.39 is 5.60 Å². The van der Waals surface area contributed by atoms with Crippen molar-refractivity contribution in [3.8, 4) is 5.88 Å². The van der Waals surface area contributed by atoms with E-state index in [1.807, 2.05) is 18.2 Å². The Labute approximate surface area is 143 Å². The van der Waals surface area contributed by atoms with Gasteiger partial charge in [-0.1, -0.05) is 36.4 Å². The molecule has 2 aliphatic heterocycles. The average molecular weight is 324 g/mol. The van der Waals surface area contributed by atoms with E-state index >= 15 is 0 Å². The summed E-state index contributed by atoms with van der Waals surface area (Å²) in [7, 11) is 1.61. The van der Waals surface area contributed by atoms with E-state index in [1.54, 1.807) is 7.11 Å². The van der Waals surface area contributed by atoms with Crippen LogP contribution in [0.5, 0.6) is 5.88 Å². The van der Waals surface area contributed by atoms with Gasteiger partial charge in [0, 0.05) is 24.7 Å². The number of hydrogen-bond donors (Lipinski definition) is 1. The summed E-state index contributed by atoms with van der Waals surface area (Å²) in [6, 6.07) is 17.1. The van der Waals surface area contributed by atoms with Crippen LogP contribution in [0.3, 0.4) is 0 Å². The fraction of sp³-hybridized carbons (Fsp3) is 0.450. The molecule has 1 aromatic heterocycles. The molecular formula is C20H24N2O2. The first-order valence-corrected chi connectivity index (χ1v) is 8.71. The third kappa shape index (κ3) is 2.80. The molecule has 4 heteroatoms. The SMILES string of the molecule is COc1cccc(C2(O)CC3CCC(C2)N3Cc2ccccc2)n1. The lowest BCUT2D eigenvalue weighted by molar-refractivity contribution is -0.0625. The minimum Gasteiger partial charge on any atom is -0.481 e. The number of piperidine rings is 1. The lowest BCUT2D eigenvalue weighted by Gasteiger charge is -2.43. The molecule has 3 heterocycles. The first-order valence-electron chi connectivity index (χ1n) is 8.71. The van der Waals surface area contributed by atoms with Crippen molar-refractivity contribution >= 4 is 0 Å². The molecule has 1 aromatic carbocycles. The van der Waals surface area contributed by atoms with Gasteiger partial charge in [0.15, 0.2) is 0 Å². The number of rotatable bonds is 4. The summed E-state index contributed by atoms with van der Waals surface area (Å²) in [6.45, 7) is 0.970. The first-order chi connectivity index (χ1) is 11.7. The summed E-state index contributed by atoms with van der Waals surface area (Å²) in [5, 5.41) is 11.3. The Bertz CT molecular complexity index is 690. The van der Waals surface area contributed by atoms with Crippen molar-refractivity contribution < 1.29 is 9.84 Å². The Balaban J connectivity index is 1.55. The molecule has 2 bridgehead atoms. The van der Waals surface area contributed by atoms with Gasteiger partial charge in [-0.25, -0.2) is 4.98 Å². The minimum atomic E-state index is -0.840. The molecule has 1 N–H and O–H groups in total. The number of benzene rings is 1. The Hall–Kier alpha value is -1.91. The second-order valence-corrected chi connectivity index (χ2v) is 7.05. The Kier molecular flexibility index (Phi) is 4.02. The molecular weight excluding hydrogens is 300 g/mol. The van der Waals surface area contributed by atoms with E-state index in [-0.39, 0.29) is 0 Å². The molecule has 4 nitrogen and oxygen atoms in total.